The molecule has 1 atom stereocenters. The van der Waals surface area contributed by atoms with Crippen molar-refractivity contribution in [2.75, 3.05) is 13.7 Å². The van der Waals surface area contributed by atoms with Gasteiger partial charge in [0.2, 0.25) is 0 Å². The summed E-state index contributed by atoms with van der Waals surface area (Å²) in [6, 6.07) is 39.1. The van der Waals surface area contributed by atoms with Gasteiger partial charge in [-0.15, -0.1) is 6.58 Å². The number of hydrogen-bond acceptors (Lipinski definition) is 3. The van der Waals surface area contributed by atoms with Crippen LogP contribution in [-0.2, 0) is 21.7 Å². The molecule has 0 aliphatic heterocycles. The zero-order chi connectivity index (χ0) is 24.3. The topological polar surface area (TPSA) is 27.7 Å². The average molecular weight is 465 g/mol. The lowest BCUT2D eigenvalue weighted by Crippen LogP contribution is -2.36. The van der Waals surface area contributed by atoms with E-state index in [1.807, 2.05) is 48.5 Å². The van der Waals surface area contributed by atoms with E-state index in [9.17, 15) is 0 Å². The van der Waals surface area contributed by atoms with Crippen molar-refractivity contribution in [2.45, 2.75) is 24.7 Å². The molecule has 0 fully saturated rings. The summed E-state index contributed by atoms with van der Waals surface area (Å²) in [6.45, 7) is 4.84. The van der Waals surface area contributed by atoms with E-state index in [-0.39, 0.29) is 6.10 Å². The highest BCUT2D eigenvalue weighted by Crippen LogP contribution is 2.40. The van der Waals surface area contributed by atoms with Gasteiger partial charge in [0.25, 0.3) is 0 Å². The van der Waals surface area contributed by atoms with Gasteiger partial charge in [-0.05, 0) is 40.8 Å². The first-order valence-electron chi connectivity index (χ1n) is 11.9. The van der Waals surface area contributed by atoms with Gasteiger partial charge in [0, 0.05) is 0 Å². The van der Waals surface area contributed by atoms with E-state index >= 15 is 0 Å². The van der Waals surface area contributed by atoms with Crippen molar-refractivity contribution < 1.29 is 14.2 Å². The zero-order valence-electron chi connectivity index (χ0n) is 20.2. The van der Waals surface area contributed by atoms with Crippen LogP contribution < -0.4 is 4.74 Å². The molecule has 178 valence electrons. The normalized spacial score (nSPS) is 12.1. The van der Waals surface area contributed by atoms with Crippen LogP contribution in [0, 0.1) is 0 Å². The first-order chi connectivity index (χ1) is 17.3. The Hall–Kier alpha value is -3.66. The molecule has 0 aliphatic rings. The molecule has 0 N–H and O–H groups in total. The van der Waals surface area contributed by atoms with Crippen LogP contribution in [0.5, 0.6) is 5.75 Å². The molecule has 3 heteroatoms. The van der Waals surface area contributed by atoms with Crippen molar-refractivity contribution in [1.29, 1.82) is 0 Å². The largest absolute Gasteiger partial charge is 0.497 e. The third kappa shape index (κ3) is 5.89. The number of methoxy groups -OCH3 is 1. The maximum absolute atomic E-state index is 6.93. The summed E-state index contributed by atoms with van der Waals surface area (Å²) in [4.78, 5) is 0. The molecule has 0 aromatic heterocycles. The van der Waals surface area contributed by atoms with Gasteiger partial charge in [0.15, 0.2) is 0 Å². The van der Waals surface area contributed by atoms with Crippen LogP contribution in [0.15, 0.2) is 128 Å². The quantitative estimate of drug-likeness (QED) is 0.164. The second kappa shape index (κ2) is 12.2. The monoisotopic (exact) mass is 464 g/mol. The maximum Gasteiger partial charge on any atom is 0.143 e. The fourth-order valence-electron chi connectivity index (χ4n) is 4.29. The van der Waals surface area contributed by atoms with E-state index in [1.54, 1.807) is 7.11 Å². The summed E-state index contributed by atoms with van der Waals surface area (Å²) >= 11 is 0. The molecule has 4 aromatic rings. The van der Waals surface area contributed by atoms with E-state index in [4.69, 9.17) is 14.2 Å². The minimum absolute atomic E-state index is 0.148. The van der Waals surface area contributed by atoms with Crippen molar-refractivity contribution in [1.82, 2.24) is 0 Å². The van der Waals surface area contributed by atoms with Crippen molar-refractivity contribution in [3.8, 4) is 5.75 Å². The average Bonchev–Trinajstić information content (AvgIpc) is 2.94. The summed E-state index contributed by atoms with van der Waals surface area (Å²) in [5.74, 6) is 0.832. The highest BCUT2D eigenvalue weighted by molar-refractivity contribution is 5.47. The predicted octanol–water partition coefficient (Wildman–Crippen LogP) is 7.17. The van der Waals surface area contributed by atoms with E-state index in [0.717, 1.165) is 28.0 Å². The Morgan fingerprint density at radius 1 is 0.714 bits per heavy atom. The van der Waals surface area contributed by atoms with Crippen LogP contribution in [0.25, 0.3) is 0 Å². The first-order valence-corrected chi connectivity index (χ1v) is 11.9. The summed E-state index contributed by atoms with van der Waals surface area (Å²) in [6.07, 6.45) is 2.42. The maximum atomic E-state index is 6.93. The Morgan fingerprint density at radius 2 is 1.20 bits per heavy atom. The van der Waals surface area contributed by atoms with Crippen LogP contribution in [0.2, 0.25) is 0 Å². The van der Waals surface area contributed by atoms with Gasteiger partial charge in [-0.1, -0.05) is 109 Å². The van der Waals surface area contributed by atoms with Crippen molar-refractivity contribution in [2.24, 2.45) is 0 Å². The summed E-state index contributed by atoms with van der Waals surface area (Å²) in [5.41, 5.74) is 3.53. The van der Waals surface area contributed by atoms with Gasteiger partial charge in [-0.2, -0.15) is 0 Å². The van der Waals surface area contributed by atoms with Gasteiger partial charge < -0.3 is 14.2 Å². The number of ether oxygens (including phenoxy) is 3. The molecule has 4 aromatic carbocycles. The molecule has 0 amide bonds. The Balaban J connectivity index is 1.64. The van der Waals surface area contributed by atoms with Gasteiger partial charge in [-0.25, -0.2) is 0 Å². The van der Waals surface area contributed by atoms with Crippen molar-refractivity contribution in [3.05, 3.63) is 150 Å². The van der Waals surface area contributed by atoms with Crippen LogP contribution in [0.3, 0.4) is 0 Å². The van der Waals surface area contributed by atoms with Crippen LogP contribution in [0.1, 0.15) is 28.7 Å². The van der Waals surface area contributed by atoms with Crippen LogP contribution in [0.4, 0.5) is 0 Å². The van der Waals surface area contributed by atoms with Gasteiger partial charge in [0.1, 0.15) is 11.4 Å². The van der Waals surface area contributed by atoms with Crippen molar-refractivity contribution in [3.63, 3.8) is 0 Å². The standard InChI is InChI=1S/C32H32O3/c1-3-13-31(34-24-26-20-22-30(33-2)23-21-26)25-35-32(27-14-7-4-8-15-27,28-16-9-5-10-17-28)29-18-11-6-12-19-29/h3-12,14-23,31H,1,13,24-25H2,2H3/t31-/m0/s1. The second-order valence-corrected chi connectivity index (χ2v) is 8.40. The smallest absolute Gasteiger partial charge is 0.143 e. The van der Waals surface area contributed by atoms with E-state index in [2.05, 4.69) is 79.4 Å². The molecular weight excluding hydrogens is 432 g/mol. The SMILES string of the molecule is C=CC[C@@H](COC(c1ccccc1)(c1ccccc1)c1ccccc1)OCc1ccc(OC)cc1. The fraction of sp³-hybridized carbons (Fsp3) is 0.188. The third-order valence-corrected chi connectivity index (χ3v) is 6.10. The molecule has 0 bridgehead atoms. The zero-order valence-corrected chi connectivity index (χ0v) is 20.2. The van der Waals surface area contributed by atoms with E-state index in [0.29, 0.717) is 19.6 Å². The van der Waals surface area contributed by atoms with E-state index in [1.165, 1.54) is 0 Å². The minimum atomic E-state index is -0.771. The summed E-state index contributed by atoms with van der Waals surface area (Å²) in [7, 11) is 1.67. The van der Waals surface area contributed by atoms with Gasteiger partial charge in [0.05, 0.1) is 26.4 Å². The van der Waals surface area contributed by atoms with Crippen LogP contribution >= 0.6 is 0 Å². The molecule has 0 unspecified atom stereocenters. The highest BCUT2D eigenvalue weighted by Gasteiger charge is 2.38. The number of hydrogen-bond donors (Lipinski definition) is 0. The lowest BCUT2D eigenvalue weighted by molar-refractivity contribution is -0.0685. The summed E-state index contributed by atoms with van der Waals surface area (Å²) < 4.78 is 18.5. The first kappa shape index (κ1) is 24.5. The number of benzene rings is 4. The Labute approximate surface area is 208 Å². The van der Waals surface area contributed by atoms with Crippen molar-refractivity contribution >= 4 is 0 Å². The molecule has 0 heterocycles. The predicted molar refractivity (Wildman–Crippen MR) is 142 cm³/mol. The summed E-state index contributed by atoms with van der Waals surface area (Å²) in [5, 5.41) is 0. The molecule has 0 aliphatic carbocycles. The number of rotatable bonds is 12. The van der Waals surface area contributed by atoms with Gasteiger partial charge >= 0.3 is 0 Å². The molecular formula is C32H32O3. The van der Waals surface area contributed by atoms with E-state index < -0.39 is 5.60 Å². The Morgan fingerprint density at radius 3 is 1.63 bits per heavy atom. The van der Waals surface area contributed by atoms with Crippen LogP contribution in [-0.4, -0.2) is 19.8 Å². The molecule has 4 rings (SSSR count). The Bertz CT molecular complexity index is 1060. The molecule has 3 nitrogen and oxygen atoms in total. The molecule has 0 radical (unpaired) electrons. The second-order valence-electron chi connectivity index (χ2n) is 8.40. The highest BCUT2D eigenvalue weighted by atomic mass is 16.5. The molecule has 0 saturated carbocycles. The fourth-order valence-corrected chi connectivity index (χ4v) is 4.29. The molecule has 35 heavy (non-hydrogen) atoms. The lowest BCUT2D eigenvalue weighted by Gasteiger charge is -2.37. The minimum Gasteiger partial charge on any atom is -0.497 e. The lowest BCUT2D eigenvalue weighted by atomic mass is 9.80. The molecule has 0 spiro atoms. The van der Waals surface area contributed by atoms with Gasteiger partial charge in [-0.3, -0.25) is 0 Å². The molecule has 0 saturated heterocycles. The Kier molecular flexibility index (Phi) is 8.50. The third-order valence-electron chi connectivity index (χ3n) is 6.10.